The van der Waals surface area contributed by atoms with Gasteiger partial charge < -0.3 is 0 Å². The van der Waals surface area contributed by atoms with Gasteiger partial charge in [0, 0.05) is 9.84 Å². The molecule has 0 radical (unpaired) electrons. The van der Waals surface area contributed by atoms with Gasteiger partial charge in [-0.25, -0.2) is 0 Å². The molecule has 0 N–H and O–H groups in total. The molecule has 0 spiro atoms. The SMILES string of the molecule is FC(F)(F)C(F)(F)C1CCCCCC1I. The van der Waals surface area contributed by atoms with Gasteiger partial charge in [-0.1, -0.05) is 41.9 Å². The molecule has 1 saturated carbocycles. The largest absolute Gasteiger partial charge is 0.453 e. The molecule has 1 aliphatic carbocycles. The van der Waals surface area contributed by atoms with Crippen LogP contribution in [0.25, 0.3) is 0 Å². The van der Waals surface area contributed by atoms with Gasteiger partial charge in [0.1, 0.15) is 0 Å². The fraction of sp³-hybridized carbons (Fsp3) is 1.00. The maximum absolute atomic E-state index is 13.1. The quantitative estimate of drug-likeness (QED) is 0.284. The minimum atomic E-state index is -5.41. The van der Waals surface area contributed by atoms with E-state index in [4.69, 9.17) is 0 Å². The maximum atomic E-state index is 13.1. The van der Waals surface area contributed by atoms with Gasteiger partial charge >= 0.3 is 12.1 Å². The van der Waals surface area contributed by atoms with Crippen molar-refractivity contribution < 1.29 is 22.0 Å². The summed E-state index contributed by atoms with van der Waals surface area (Å²) in [5.41, 5.74) is 0. The van der Waals surface area contributed by atoms with Crippen molar-refractivity contribution in [1.29, 1.82) is 0 Å². The monoisotopic (exact) mass is 342 g/mol. The molecule has 0 aromatic heterocycles. The van der Waals surface area contributed by atoms with Crippen LogP contribution in [0.1, 0.15) is 32.1 Å². The van der Waals surface area contributed by atoms with Gasteiger partial charge in [-0.3, -0.25) is 0 Å². The van der Waals surface area contributed by atoms with Gasteiger partial charge in [0.05, 0.1) is 0 Å². The Hall–Kier alpha value is 0.380. The highest BCUT2D eigenvalue weighted by molar-refractivity contribution is 14.1. The van der Waals surface area contributed by atoms with Crippen LogP contribution in [0.5, 0.6) is 0 Å². The van der Waals surface area contributed by atoms with Gasteiger partial charge in [0.25, 0.3) is 0 Å². The summed E-state index contributed by atoms with van der Waals surface area (Å²) in [5.74, 6) is -6.09. The third kappa shape index (κ3) is 2.94. The van der Waals surface area contributed by atoms with E-state index >= 15 is 0 Å². The molecule has 2 atom stereocenters. The standard InChI is InChI=1S/C9H12F5I/c10-8(11,9(12,13)14)6-4-2-1-3-5-7(6)15/h6-7H,1-5H2. The van der Waals surface area contributed by atoms with Crippen LogP contribution in [0.4, 0.5) is 22.0 Å². The van der Waals surface area contributed by atoms with Crippen LogP contribution in [-0.4, -0.2) is 16.0 Å². The van der Waals surface area contributed by atoms with Crippen LogP contribution in [0.3, 0.4) is 0 Å². The molecule has 6 heteroatoms. The van der Waals surface area contributed by atoms with Crippen LogP contribution in [-0.2, 0) is 0 Å². The molecule has 0 amide bonds. The lowest BCUT2D eigenvalue weighted by Gasteiger charge is -2.30. The highest BCUT2D eigenvalue weighted by Crippen LogP contribution is 2.48. The number of alkyl halides is 6. The van der Waals surface area contributed by atoms with E-state index in [1.165, 1.54) is 0 Å². The van der Waals surface area contributed by atoms with E-state index in [0.717, 1.165) is 12.8 Å². The van der Waals surface area contributed by atoms with Crippen molar-refractivity contribution in [2.45, 2.75) is 48.1 Å². The molecular formula is C9H12F5I. The van der Waals surface area contributed by atoms with Gasteiger partial charge in [-0.05, 0) is 12.8 Å². The lowest BCUT2D eigenvalue weighted by atomic mass is 9.92. The molecule has 90 valence electrons. The molecule has 0 aromatic carbocycles. The topological polar surface area (TPSA) is 0 Å². The Morgan fingerprint density at radius 3 is 1.93 bits per heavy atom. The number of rotatable bonds is 1. The zero-order chi connectivity index (χ0) is 11.7. The summed E-state index contributed by atoms with van der Waals surface area (Å²) in [6, 6.07) is 0. The number of halogens is 6. The molecular weight excluding hydrogens is 330 g/mol. The first-order valence-electron chi connectivity index (χ1n) is 4.85. The normalized spacial score (nSPS) is 30.0. The molecule has 1 aliphatic rings. The van der Waals surface area contributed by atoms with Crippen LogP contribution < -0.4 is 0 Å². The van der Waals surface area contributed by atoms with E-state index in [-0.39, 0.29) is 6.42 Å². The molecule has 0 nitrogen and oxygen atoms in total. The fourth-order valence-electron chi connectivity index (χ4n) is 1.88. The lowest BCUT2D eigenvalue weighted by Crippen LogP contribution is -2.46. The summed E-state index contributed by atoms with van der Waals surface area (Å²) >= 11 is 1.73. The van der Waals surface area contributed by atoms with Crippen molar-refractivity contribution in [2.24, 2.45) is 5.92 Å². The molecule has 0 heterocycles. The van der Waals surface area contributed by atoms with E-state index < -0.39 is 21.9 Å². The van der Waals surface area contributed by atoms with Crippen molar-refractivity contribution >= 4 is 22.6 Å². The lowest BCUT2D eigenvalue weighted by molar-refractivity contribution is -0.302. The molecule has 1 rings (SSSR count). The maximum Gasteiger partial charge on any atom is 0.453 e. The van der Waals surface area contributed by atoms with Crippen LogP contribution >= 0.6 is 22.6 Å². The molecule has 15 heavy (non-hydrogen) atoms. The molecule has 0 saturated heterocycles. The summed E-state index contributed by atoms with van der Waals surface area (Å²) in [5, 5.41) is 0. The Morgan fingerprint density at radius 2 is 1.40 bits per heavy atom. The third-order valence-corrected chi connectivity index (χ3v) is 4.27. The Labute approximate surface area is 98.7 Å². The first-order valence-corrected chi connectivity index (χ1v) is 6.10. The van der Waals surface area contributed by atoms with Crippen LogP contribution in [0.2, 0.25) is 0 Å². The summed E-state index contributed by atoms with van der Waals surface area (Å²) < 4.78 is 62.2. The van der Waals surface area contributed by atoms with Crippen molar-refractivity contribution in [3.05, 3.63) is 0 Å². The minimum Gasteiger partial charge on any atom is -0.196 e. The molecule has 0 aliphatic heterocycles. The Balaban J connectivity index is 2.83. The van der Waals surface area contributed by atoms with E-state index in [9.17, 15) is 22.0 Å². The summed E-state index contributed by atoms with van der Waals surface area (Å²) in [7, 11) is 0. The zero-order valence-corrected chi connectivity index (χ0v) is 10.1. The second kappa shape index (κ2) is 4.71. The smallest absolute Gasteiger partial charge is 0.196 e. The summed E-state index contributed by atoms with van der Waals surface area (Å²) in [6.07, 6.45) is -3.01. The predicted octanol–water partition coefficient (Wildman–Crippen LogP) is 4.57. The van der Waals surface area contributed by atoms with Gasteiger partial charge in [-0.15, -0.1) is 0 Å². The average Bonchev–Trinajstić information content (AvgIpc) is 2.27. The second-order valence-electron chi connectivity index (χ2n) is 3.88. The van der Waals surface area contributed by atoms with E-state index in [1.807, 2.05) is 0 Å². The van der Waals surface area contributed by atoms with E-state index in [1.54, 1.807) is 22.6 Å². The molecule has 0 aromatic rings. The number of hydrogen-bond acceptors (Lipinski definition) is 0. The first-order chi connectivity index (χ1) is 6.77. The highest BCUT2D eigenvalue weighted by atomic mass is 127. The summed E-state index contributed by atoms with van der Waals surface area (Å²) in [4.78, 5) is 0. The van der Waals surface area contributed by atoms with Crippen molar-refractivity contribution in [2.75, 3.05) is 0 Å². The van der Waals surface area contributed by atoms with Crippen LogP contribution in [0.15, 0.2) is 0 Å². The zero-order valence-electron chi connectivity index (χ0n) is 7.96. The van der Waals surface area contributed by atoms with E-state index in [2.05, 4.69) is 0 Å². The number of hydrogen-bond donors (Lipinski definition) is 0. The van der Waals surface area contributed by atoms with Crippen LogP contribution in [0, 0.1) is 5.92 Å². The Bertz CT molecular complexity index is 213. The second-order valence-corrected chi connectivity index (χ2v) is 5.48. The molecule has 2 unspecified atom stereocenters. The Morgan fingerprint density at radius 1 is 0.867 bits per heavy atom. The fourth-order valence-corrected chi connectivity index (χ4v) is 3.13. The molecule has 0 bridgehead atoms. The minimum absolute atomic E-state index is 0.0277. The molecule has 1 fully saturated rings. The van der Waals surface area contributed by atoms with Crippen molar-refractivity contribution in [1.82, 2.24) is 0 Å². The Kier molecular flexibility index (Phi) is 4.22. The third-order valence-electron chi connectivity index (χ3n) is 2.78. The predicted molar refractivity (Wildman–Crippen MR) is 55.4 cm³/mol. The van der Waals surface area contributed by atoms with Gasteiger partial charge in [-0.2, -0.15) is 22.0 Å². The van der Waals surface area contributed by atoms with Crippen molar-refractivity contribution in [3.8, 4) is 0 Å². The highest BCUT2D eigenvalue weighted by Gasteiger charge is 2.63. The van der Waals surface area contributed by atoms with Gasteiger partial charge in [0.15, 0.2) is 0 Å². The first kappa shape index (κ1) is 13.4. The van der Waals surface area contributed by atoms with E-state index in [0.29, 0.717) is 12.8 Å². The summed E-state index contributed by atoms with van der Waals surface area (Å²) in [6.45, 7) is 0. The average molecular weight is 342 g/mol. The van der Waals surface area contributed by atoms with Gasteiger partial charge in [0.2, 0.25) is 0 Å². The van der Waals surface area contributed by atoms with Crippen molar-refractivity contribution in [3.63, 3.8) is 0 Å².